The van der Waals surface area contributed by atoms with E-state index in [0.29, 0.717) is 38.5 Å². The number of halogens is 1. The van der Waals surface area contributed by atoms with Gasteiger partial charge < -0.3 is 14.5 Å². The summed E-state index contributed by atoms with van der Waals surface area (Å²) in [5.74, 6) is -2.27. The summed E-state index contributed by atoms with van der Waals surface area (Å²) in [5.41, 5.74) is 0. The SMILES string of the molecule is CCOCCCNC(=O)C(C#N)C(=O)c1ccc(Cn2cc(Br)cn2)o1. The van der Waals surface area contributed by atoms with Crippen molar-refractivity contribution in [1.29, 1.82) is 5.26 Å². The number of ketones is 1. The quantitative estimate of drug-likeness (QED) is 0.356. The second-order valence-corrected chi connectivity index (χ2v) is 6.31. The van der Waals surface area contributed by atoms with Crippen LogP contribution in [0, 0.1) is 17.2 Å². The molecule has 1 amide bonds. The molecule has 0 saturated carbocycles. The average Bonchev–Trinajstić information content (AvgIpc) is 3.24. The average molecular weight is 423 g/mol. The maximum absolute atomic E-state index is 12.4. The van der Waals surface area contributed by atoms with E-state index in [1.54, 1.807) is 29.2 Å². The molecule has 0 fully saturated rings. The smallest absolute Gasteiger partial charge is 0.245 e. The van der Waals surface area contributed by atoms with Crippen LogP contribution in [0.25, 0.3) is 0 Å². The highest BCUT2D eigenvalue weighted by molar-refractivity contribution is 9.10. The molecule has 9 heteroatoms. The lowest BCUT2D eigenvalue weighted by molar-refractivity contribution is -0.122. The second kappa shape index (κ2) is 9.89. The van der Waals surface area contributed by atoms with Crippen molar-refractivity contribution in [2.75, 3.05) is 19.8 Å². The van der Waals surface area contributed by atoms with E-state index >= 15 is 0 Å². The largest absolute Gasteiger partial charge is 0.456 e. The molecule has 138 valence electrons. The van der Waals surface area contributed by atoms with Gasteiger partial charge in [0.05, 0.1) is 23.3 Å². The van der Waals surface area contributed by atoms with Gasteiger partial charge in [-0.1, -0.05) is 0 Å². The number of furan rings is 1. The first-order valence-corrected chi connectivity index (χ1v) is 8.90. The number of hydrogen-bond acceptors (Lipinski definition) is 6. The Morgan fingerprint density at radius 3 is 2.96 bits per heavy atom. The Labute approximate surface area is 159 Å². The fraction of sp³-hybridized carbons (Fsp3) is 0.412. The molecule has 2 aromatic heterocycles. The summed E-state index contributed by atoms with van der Waals surface area (Å²) in [7, 11) is 0. The molecule has 0 spiro atoms. The second-order valence-electron chi connectivity index (χ2n) is 5.39. The summed E-state index contributed by atoms with van der Waals surface area (Å²) >= 11 is 3.30. The van der Waals surface area contributed by atoms with Crippen molar-refractivity contribution in [2.45, 2.75) is 19.9 Å². The first kappa shape index (κ1) is 19.9. The van der Waals surface area contributed by atoms with Crippen LogP contribution in [0.15, 0.2) is 33.4 Å². The molecule has 0 aliphatic carbocycles. The third-order valence-electron chi connectivity index (χ3n) is 3.45. The van der Waals surface area contributed by atoms with Crippen LogP contribution in [0.3, 0.4) is 0 Å². The van der Waals surface area contributed by atoms with Gasteiger partial charge in [-0.25, -0.2) is 0 Å². The van der Waals surface area contributed by atoms with Gasteiger partial charge in [0.1, 0.15) is 5.76 Å². The summed E-state index contributed by atoms with van der Waals surface area (Å²) < 4.78 is 13.1. The van der Waals surface area contributed by atoms with Crippen LogP contribution in [0.1, 0.15) is 29.7 Å². The minimum atomic E-state index is -1.44. The fourth-order valence-electron chi connectivity index (χ4n) is 2.19. The number of amides is 1. The van der Waals surface area contributed by atoms with Gasteiger partial charge in [-0.3, -0.25) is 14.3 Å². The molecule has 8 nitrogen and oxygen atoms in total. The van der Waals surface area contributed by atoms with Crippen LogP contribution in [0.2, 0.25) is 0 Å². The lowest BCUT2D eigenvalue weighted by atomic mass is 10.0. The standard InChI is InChI=1S/C17H19BrN4O4/c1-2-25-7-3-6-20-17(24)14(8-19)16(23)15-5-4-13(26-15)11-22-10-12(18)9-21-22/h4-5,9-10,14H,2-3,6-7,11H2,1H3,(H,20,24). The Kier molecular flexibility index (Phi) is 7.56. The van der Waals surface area contributed by atoms with Gasteiger partial charge in [0, 0.05) is 26.0 Å². The number of aromatic nitrogens is 2. The molecule has 1 atom stereocenters. The molecular weight excluding hydrogens is 404 g/mol. The minimum Gasteiger partial charge on any atom is -0.456 e. The zero-order chi connectivity index (χ0) is 18.9. The molecule has 0 aromatic carbocycles. The molecule has 0 bridgehead atoms. The third-order valence-corrected chi connectivity index (χ3v) is 3.86. The van der Waals surface area contributed by atoms with Crippen LogP contribution in [0.4, 0.5) is 0 Å². The number of hydrogen-bond donors (Lipinski definition) is 1. The number of nitriles is 1. The first-order valence-electron chi connectivity index (χ1n) is 8.11. The first-order chi connectivity index (χ1) is 12.5. The van der Waals surface area contributed by atoms with Crippen LogP contribution < -0.4 is 5.32 Å². The topological polar surface area (TPSA) is 110 Å². The summed E-state index contributed by atoms with van der Waals surface area (Å²) in [6.07, 6.45) is 4.00. The molecule has 0 aliphatic heterocycles. The zero-order valence-electron chi connectivity index (χ0n) is 14.3. The number of nitrogens with one attached hydrogen (secondary N) is 1. The normalized spacial score (nSPS) is 11.7. The van der Waals surface area contributed by atoms with Crippen molar-refractivity contribution in [3.63, 3.8) is 0 Å². The van der Waals surface area contributed by atoms with Crippen molar-refractivity contribution < 1.29 is 18.7 Å². The highest BCUT2D eigenvalue weighted by atomic mass is 79.9. The Morgan fingerprint density at radius 1 is 1.50 bits per heavy atom. The predicted octanol–water partition coefficient (Wildman–Crippen LogP) is 2.15. The number of carbonyl (C=O) groups excluding carboxylic acids is 2. The number of carbonyl (C=O) groups is 2. The monoisotopic (exact) mass is 422 g/mol. The van der Waals surface area contributed by atoms with Crippen molar-refractivity contribution in [3.05, 3.63) is 40.5 Å². The molecular formula is C17H19BrN4O4. The molecule has 26 heavy (non-hydrogen) atoms. The lowest BCUT2D eigenvalue weighted by Gasteiger charge is -2.08. The molecule has 0 saturated heterocycles. The van der Waals surface area contributed by atoms with Gasteiger partial charge in [0.2, 0.25) is 11.7 Å². The molecule has 0 radical (unpaired) electrons. The number of nitrogens with zero attached hydrogens (tertiary/aromatic N) is 3. The fourth-order valence-corrected chi connectivity index (χ4v) is 2.52. The van der Waals surface area contributed by atoms with Gasteiger partial charge in [0.25, 0.3) is 0 Å². The number of rotatable bonds is 10. The summed E-state index contributed by atoms with van der Waals surface area (Å²) in [5, 5.41) is 15.9. The van der Waals surface area contributed by atoms with E-state index in [9.17, 15) is 14.9 Å². The molecule has 1 unspecified atom stereocenters. The van der Waals surface area contributed by atoms with Gasteiger partial charge in [-0.05, 0) is 41.4 Å². The Balaban J connectivity index is 1.93. The molecule has 0 aliphatic rings. The van der Waals surface area contributed by atoms with Gasteiger partial charge in [-0.2, -0.15) is 10.4 Å². The highest BCUT2D eigenvalue weighted by Crippen LogP contribution is 2.15. The van der Waals surface area contributed by atoms with Gasteiger partial charge in [-0.15, -0.1) is 0 Å². The van der Waals surface area contributed by atoms with E-state index < -0.39 is 17.6 Å². The zero-order valence-corrected chi connectivity index (χ0v) is 15.9. The van der Waals surface area contributed by atoms with Gasteiger partial charge in [0.15, 0.2) is 11.7 Å². The summed E-state index contributed by atoms with van der Waals surface area (Å²) in [4.78, 5) is 24.5. The number of Topliss-reactive ketones (excluding diaryl/α,β-unsaturated/α-hetero) is 1. The van der Waals surface area contributed by atoms with Crippen LogP contribution in [0.5, 0.6) is 0 Å². The third kappa shape index (κ3) is 5.54. The van der Waals surface area contributed by atoms with E-state index in [1.165, 1.54) is 6.07 Å². The molecule has 2 rings (SSSR count). The van der Waals surface area contributed by atoms with Crippen LogP contribution in [-0.2, 0) is 16.1 Å². The lowest BCUT2D eigenvalue weighted by Crippen LogP contribution is -2.35. The summed E-state index contributed by atoms with van der Waals surface area (Å²) in [6.45, 7) is 3.66. The van der Waals surface area contributed by atoms with E-state index in [4.69, 9.17) is 9.15 Å². The maximum atomic E-state index is 12.4. The van der Waals surface area contributed by atoms with E-state index in [-0.39, 0.29) is 5.76 Å². The van der Waals surface area contributed by atoms with Crippen molar-refractivity contribution >= 4 is 27.6 Å². The van der Waals surface area contributed by atoms with Crippen LogP contribution >= 0.6 is 15.9 Å². The maximum Gasteiger partial charge on any atom is 0.245 e. The molecule has 2 heterocycles. The van der Waals surface area contributed by atoms with Crippen molar-refractivity contribution in [1.82, 2.24) is 15.1 Å². The Morgan fingerprint density at radius 2 is 2.31 bits per heavy atom. The Hall–Kier alpha value is -2.44. The minimum absolute atomic E-state index is 0.0257. The van der Waals surface area contributed by atoms with Crippen molar-refractivity contribution in [2.24, 2.45) is 5.92 Å². The molecule has 1 N–H and O–H groups in total. The van der Waals surface area contributed by atoms with Crippen molar-refractivity contribution in [3.8, 4) is 6.07 Å². The van der Waals surface area contributed by atoms with E-state index in [1.807, 2.05) is 6.92 Å². The Bertz CT molecular complexity index is 793. The van der Waals surface area contributed by atoms with E-state index in [0.717, 1.165) is 4.47 Å². The van der Waals surface area contributed by atoms with Crippen LogP contribution in [-0.4, -0.2) is 41.2 Å². The highest BCUT2D eigenvalue weighted by Gasteiger charge is 2.29. The van der Waals surface area contributed by atoms with Gasteiger partial charge >= 0.3 is 0 Å². The predicted molar refractivity (Wildman–Crippen MR) is 95.3 cm³/mol. The number of ether oxygens (including phenoxy) is 1. The summed E-state index contributed by atoms with van der Waals surface area (Å²) in [6, 6.07) is 4.82. The van der Waals surface area contributed by atoms with E-state index in [2.05, 4.69) is 26.3 Å². The molecule has 2 aromatic rings.